The summed E-state index contributed by atoms with van der Waals surface area (Å²) < 4.78 is 5.98. The fourth-order valence-corrected chi connectivity index (χ4v) is 2.77. The normalized spacial score (nSPS) is 38.9. The summed E-state index contributed by atoms with van der Waals surface area (Å²) in [5.74, 6) is 0.202. The number of hydrogen-bond donors (Lipinski definition) is 0. The van der Waals surface area contributed by atoms with Crippen molar-refractivity contribution >= 4 is 5.91 Å². The molecule has 2 fully saturated rings. The second-order valence-corrected chi connectivity index (χ2v) is 5.47. The number of amides is 1. The van der Waals surface area contributed by atoms with Crippen LogP contribution in [0.3, 0.4) is 0 Å². The zero-order valence-corrected chi connectivity index (χ0v) is 9.68. The van der Waals surface area contributed by atoms with Crippen molar-refractivity contribution in [3.8, 4) is 0 Å². The number of ether oxygens (including phenoxy) is 1. The molecule has 1 amide bonds. The molecule has 3 nitrogen and oxygen atoms in total. The van der Waals surface area contributed by atoms with Gasteiger partial charge < -0.3 is 9.64 Å². The number of likely N-dealkylation sites (tertiary alicyclic amines) is 1. The Bertz CT molecular complexity index is 296. The van der Waals surface area contributed by atoms with Crippen molar-refractivity contribution in [2.24, 2.45) is 5.41 Å². The van der Waals surface area contributed by atoms with E-state index in [1.165, 1.54) is 0 Å². The van der Waals surface area contributed by atoms with Gasteiger partial charge in [0.25, 0.3) is 0 Å². The molecule has 2 aliphatic heterocycles. The van der Waals surface area contributed by atoms with E-state index in [-0.39, 0.29) is 22.6 Å². The van der Waals surface area contributed by atoms with Crippen LogP contribution >= 0.6 is 0 Å². The number of rotatable bonds is 0. The van der Waals surface area contributed by atoms with E-state index >= 15 is 0 Å². The van der Waals surface area contributed by atoms with Crippen molar-refractivity contribution in [1.82, 2.24) is 4.90 Å². The highest BCUT2D eigenvalue weighted by atomic mass is 16.6. The molecule has 2 saturated heterocycles. The van der Waals surface area contributed by atoms with Crippen LogP contribution in [0.1, 0.15) is 40.5 Å². The summed E-state index contributed by atoms with van der Waals surface area (Å²) in [5, 5.41) is 0. The van der Waals surface area contributed by atoms with Gasteiger partial charge in [0.15, 0.2) is 5.72 Å². The maximum Gasteiger partial charge on any atom is 0.224 e. The van der Waals surface area contributed by atoms with Crippen molar-refractivity contribution in [2.45, 2.75) is 51.9 Å². The highest BCUT2D eigenvalue weighted by molar-refractivity contribution is 5.79. The van der Waals surface area contributed by atoms with Crippen molar-refractivity contribution in [3.05, 3.63) is 0 Å². The topological polar surface area (TPSA) is 29.5 Å². The lowest BCUT2D eigenvalue weighted by Gasteiger charge is -2.67. The summed E-state index contributed by atoms with van der Waals surface area (Å²) in [6, 6.07) is 0. The van der Waals surface area contributed by atoms with E-state index in [0.717, 1.165) is 6.42 Å². The molecule has 3 heteroatoms. The van der Waals surface area contributed by atoms with Gasteiger partial charge in [0.05, 0.1) is 5.60 Å². The monoisotopic (exact) mass is 197 g/mol. The molecule has 1 atom stereocenters. The second-order valence-electron chi connectivity index (χ2n) is 5.47. The highest BCUT2D eigenvalue weighted by Crippen LogP contribution is 2.61. The molecule has 0 aromatic rings. The van der Waals surface area contributed by atoms with Gasteiger partial charge in [-0.25, -0.2) is 0 Å². The van der Waals surface area contributed by atoms with Crippen LogP contribution in [0.5, 0.6) is 0 Å². The molecule has 1 unspecified atom stereocenters. The van der Waals surface area contributed by atoms with Crippen LogP contribution in [-0.4, -0.2) is 29.2 Å². The molecule has 0 radical (unpaired) electrons. The van der Waals surface area contributed by atoms with Crippen LogP contribution in [0.4, 0.5) is 0 Å². The molecule has 14 heavy (non-hydrogen) atoms. The first-order valence-corrected chi connectivity index (χ1v) is 5.21. The first-order chi connectivity index (χ1) is 6.25. The lowest BCUT2D eigenvalue weighted by atomic mass is 9.62. The largest absolute Gasteiger partial charge is 0.348 e. The van der Waals surface area contributed by atoms with E-state index in [0.29, 0.717) is 6.42 Å². The van der Waals surface area contributed by atoms with Crippen LogP contribution in [0, 0.1) is 5.41 Å². The molecule has 2 rings (SSSR count). The van der Waals surface area contributed by atoms with E-state index in [1.54, 1.807) is 4.90 Å². The minimum absolute atomic E-state index is 0.0287. The first kappa shape index (κ1) is 9.97. The van der Waals surface area contributed by atoms with E-state index in [9.17, 15) is 4.79 Å². The van der Waals surface area contributed by atoms with Crippen LogP contribution in [-0.2, 0) is 9.53 Å². The molecule has 0 saturated carbocycles. The molecule has 0 aliphatic carbocycles. The summed E-state index contributed by atoms with van der Waals surface area (Å²) in [6.45, 7) is 8.56. The van der Waals surface area contributed by atoms with Crippen LogP contribution in [0.25, 0.3) is 0 Å². The summed E-state index contributed by atoms with van der Waals surface area (Å²) in [7, 11) is 1.85. The molecular weight excluding hydrogens is 178 g/mol. The first-order valence-electron chi connectivity index (χ1n) is 5.21. The van der Waals surface area contributed by atoms with Crippen molar-refractivity contribution < 1.29 is 9.53 Å². The molecule has 0 aromatic heterocycles. The van der Waals surface area contributed by atoms with Crippen molar-refractivity contribution in [2.75, 3.05) is 7.05 Å². The van der Waals surface area contributed by atoms with Gasteiger partial charge in [0.1, 0.15) is 0 Å². The number of carbonyl (C=O) groups excluding carboxylic acids is 1. The third-order valence-electron chi connectivity index (χ3n) is 4.50. The fraction of sp³-hybridized carbons (Fsp3) is 0.909. The Balaban J connectivity index is 2.34. The van der Waals surface area contributed by atoms with Gasteiger partial charge in [-0.15, -0.1) is 0 Å². The predicted octanol–water partition coefficient (Wildman–Crippen LogP) is 1.77. The molecular formula is C11H19NO2. The lowest BCUT2D eigenvalue weighted by Crippen LogP contribution is -2.76. The summed E-state index contributed by atoms with van der Waals surface area (Å²) >= 11 is 0. The van der Waals surface area contributed by atoms with Gasteiger partial charge in [-0.05, 0) is 13.8 Å². The van der Waals surface area contributed by atoms with Gasteiger partial charge in [0, 0.05) is 25.3 Å². The van der Waals surface area contributed by atoms with Gasteiger partial charge in [-0.3, -0.25) is 4.79 Å². The fourth-order valence-electron chi connectivity index (χ4n) is 2.77. The third-order valence-corrected chi connectivity index (χ3v) is 4.50. The average molecular weight is 197 g/mol. The van der Waals surface area contributed by atoms with Gasteiger partial charge in [-0.2, -0.15) is 0 Å². The molecule has 0 aromatic carbocycles. The quantitative estimate of drug-likeness (QED) is 0.592. The smallest absolute Gasteiger partial charge is 0.224 e. The van der Waals surface area contributed by atoms with E-state index in [4.69, 9.17) is 4.74 Å². The van der Waals surface area contributed by atoms with E-state index in [1.807, 2.05) is 7.05 Å². The average Bonchev–Trinajstić information content (AvgIpc) is 2.34. The number of carbonyl (C=O) groups is 1. The van der Waals surface area contributed by atoms with E-state index < -0.39 is 0 Å². The Morgan fingerprint density at radius 3 is 2.14 bits per heavy atom. The maximum absolute atomic E-state index is 11.5. The minimum Gasteiger partial charge on any atom is -0.348 e. The van der Waals surface area contributed by atoms with Gasteiger partial charge in [0.2, 0.25) is 5.91 Å². The molecule has 0 bridgehead atoms. The third kappa shape index (κ3) is 0.800. The Kier molecular flexibility index (Phi) is 1.65. The Morgan fingerprint density at radius 1 is 1.29 bits per heavy atom. The maximum atomic E-state index is 11.5. The number of nitrogens with zero attached hydrogens (tertiary/aromatic N) is 1. The lowest BCUT2D eigenvalue weighted by molar-refractivity contribution is -0.391. The molecule has 0 N–H and O–H groups in total. The Hall–Kier alpha value is -0.570. The molecule has 2 aliphatic rings. The van der Waals surface area contributed by atoms with Crippen molar-refractivity contribution in [3.63, 3.8) is 0 Å². The summed E-state index contributed by atoms with van der Waals surface area (Å²) in [6.07, 6.45) is 1.45. The highest BCUT2D eigenvalue weighted by Gasteiger charge is 2.70. The van der Waals surface area contributed by atoms with Crippen LogP contribution < -0.4 is 0 Å². The minimum atomic E-state index is -0.340. The van der Waals surface area contributed by atoms with Gasteiger partial charge >= 0.3 is 0 Å². The SMILES string of the molecule is CN1C(=O)CCC12OC(C)(C)C2(C)C. The molecule has 80 valence electrons. The molecule has 1 spiro atoms. The molecule has 2 heterocycles. The van der Waals surface area contributed by atoms with Crippen LogP contribution in [0.15, 0.2) is 0 Å². The Labute approximate surface area is 85.4 Å². The second kappa shape index (κ2) is 2.32. The summed E-state index contributed by atoms with van der Waals surface area (Å²) in [5.41, 5.74) is -0.444. The predicted molar refractivity (Wildman–Crippen MR) is 53.7 cm³/mol. The van der Waals surface area contributed by atoms with Gasteiger partial charge in [-0.1, -0.05) is 13.8 Å². The van der Waals surface area contributed by atoms with Crippen molar-refractivity contribution in [1.29, 1.82) is 0 Å². The number of hydrogen-bond acceptors (Lipinski definition) is 2. The summed E-state index contributed by atoms with van der Waals surface area (Å²) in [4.78, 5) is 13.3. The zero-order chi connectivity index (χ0) is 10.8. The Morgan fingerprint density at radius 2 is 1.86 bits per heavy atom. The van der Waals surface area contributed by atoms with E-state index in [2.05, 4.69) is 27.7 Å². The van der Waals surface area contributed by atoms with Crippen LogP contribution in [0.2, 0.25) is 0 Å². The standard InChI is InChI=1S/C11H19NO2/c1-9(2)10(3,4)14-11(9)7-6-8(13)12(11)5/h6-7H2,1-5H3. The zero-order valence-electron chi connectivity index (χ0n) is 9.68.